The number of esters is 3. The molecule has 2 aliphatic rings. The minimum absolute atomic E-state index is 0.0532. The van der Waals surface area contributed by atoms with Gasteiger partial charge in [-0.3, -0.25) is 14.4 Å². The number of carbonyl (C=O) groups excluding carboxylic acids is 3. The maximum atomic E-state index is 12.6. The standard InChI is InChI=1S/C22H29N5O7/c1-11(2)17(23)21(30)31-9-13-18-19(33-16(29)6-4-5-15(28)32-18)22(3,34-13)14-8-7-12-20(24)25-10-26-27(12)14/h7-8,10-11,13,17-19H,4-6,9,23H2,1-3H3,(H2,24,25,26)/t13-,17+,18-,19-,22+/m1/s1. The summed E-state index contributed by atoms with van der Waals surface area (Å²) in [4.78, 5) is 41.4. The molecule has 12 nitrogen and oxygen atoms in total. The SMILES string of the molecule is CC(C)[C@H](N)C(=O)OC[C@H]1O[C@@](C)(c2ccc3c(N)ncnn23)[C@@H]2OC(=O)CCCC(=O)O[C@@H]21. The van der Waals surface area contributed by atoms with Crippen LogP contribution in [0.25, 0.3) is 5.52 Å². The molecule has 0 saturated carbocycles. The van der Waals surface area contributed by atoms with E-state index in [1.54, 1.807) is 32.9 Å². The van der Waals surface area contributed by atoms with Crippen molar-refractivity contribution in [3.63, 3.8) is 0 Å². The van der Waals surface area contributed by atoms with Crippen LogP contribution in [0, 0.1) is 5.92 Å². The Morgan fingerprint density at radius 3 is 2.68 bits per heavy atom. The van der Waals surface area contributed by atoms with E-state index in [1.807, 2.05) is 0 Å². The monoisotopic (exact) mass is 475 g/mol. The lowest BCUT2D eigenvalue weighted by Crippen LogP contribution is -2.45. The molecule has 0 spiro atoms. The first-order valence-electron chi connectivity index (χ1n) is 11.2. The summed E-state index contributed by atoms with van der Waals surface area (Å²) in [5.41, 5.74) is 11.6. The molecule has 4 heterocycles. The second-order valence-corrected chi connectivity index (χ2v) is 9.04. The van der Waals surface area contributed by atoms with E-state index in [9.17, 15) is 14.4 Å². The number of ether oxygens (including phenoxy) is 4. The summed E-state index contributed by atoms with van der Waals surface area (Å²) >= 11 is 0. The van der Waals surface area contributed by atoms with Gasteiger partial charge in [-0.2, -0.15) is 5.10 Å². The van der Waals surface area contributed by atoms with Crippen LogP contribution in [0.15, 0.2) is 18.5 Å². The summed E-state index contributed by atoms with van der Waals surface area (Å²) in [5.74, 6) is -1.47. The molecule has 0 unspecified atom stereocenters. The molecule has 0 aliphatic carbocycles. The molecule has 0 amide bonds. The fraction of sp³-hybridized carbons (Fsp3) is 0.591. The highest BCUT2D eigenvalue weighted by Crippen LogP contribution is 2.44. The van der Waals surface area contributed by atoms with E-state index in [1.165, 1.54) is 10.8 Å². The largest absolute Gasteiger partial charge is 0.462 e. The summed E-state index contributed by atoms with van der Waals surface area (Å²) in [7, 11) is 0. The molecule has 2 aromatic rings. The number of carbonyl (C=O) groups is 3. The Labute approximate surface area is 195 Å². The highest BCUT2D eigenvalue weighted by atomic mass is 16.7. The van der Waals surface area contributed by atoms with Gasteiger partial charge in [0.05, 0.1) is 5.69 Å². The minimum Gasteiger partial charge on any atom is -0.462 e. The lowest BCUT2D eigenvalue weighted by atomic mass is 9.92. The fourth-order valence-corrected chi connectivity index (χ4v) is 4.26. The number of hydrogen-bond donors (Lipinski definition) is 2. The van der Waals surface area contributed by atoms with Gasteiger partial charge in [-0.1, -0.05) is 13.8 Å². The van der Waals surface area contributed by atoms with Gasteiger partial charge in [0.25, 0.3) is 0 Å². The second-order valence-electron chi connectivity index (χ2n) is 9.04. The lowest BCUT2D eigenvalue weighted by Gasteiger charge is -2.30. The Hall–Kier alpha value is -3.25. The molecule has 12 heteroatoms. The van der Waals surface area contributed by atoms with E-state index in [4.69, 9.17) is 30.4 Å². The molecule has 2 saturated heterocycles. The van der Waals surface area contributed by atoms with Crippen LogP contribution in [-0.4, -0.2) is 63.5 Å². The van der Waals surface area contributed by atoms with E-state index in [0.717, 1.165) is 0 Å². The average molecular weight is 476 g/mol. The van der Waals surface area contributed by atoms with Crippen molar-refractivity contribution in [1.82, 2.24) is 14.6 Å². The zero-order valence-corrected chi connectivity index (χ0v) is 19.3. The number of anilines is 1. The molecule has 184 valence electrons. The van der Waals surface area contributed by atoms with Crippen molar-refractivity contribution in [3.05, 3.63) is 24.2 Å². The molecule has 34 heavy (non-hydrogen) atoms. The molecule has 2 aromatic heterocycles. The van der Waals surface area contributed by atoms with Crippen molar-refractivity contribution in [2.45, 2.75) is 70.0 Å². The van der Waals surface area contributed by atoms with E-state index in [2.05, 4.69) is 10.1 Å². The molecule has 2 aliphatic heterocycles. The molecular weight excluding hydrogens is 446 g/mol. The number of aromatic nitrogens is 3. The molecule has 5 atom stereocenters. The second kappa shape index (κ2) is 9.18. The van der Waals surface area contributed by atoms with Crippen LogP contribution in [-0.2, 0) is 38.9 Å². The van der Waals surface area contributed by atoms with Gasteiger partial charge in [0.15, 0.2) is 18.0 Å². The van der Waals surface area contributed by atoms with Crippen LogP contribution in [0.3, 0.4) is 0 Å². The Kier molecular flexibility index (Phi) is 6.45. The summed E-state index contributed by atoms with van der Waals surface area (Å²) in [6.45, 7) is 5.05. The minimum atomic E-state index is -1.31. The summed E-state index contributed by atoms with van der Waals surface area (Å²) < 4.78 is 24.8. The third-order valence-corrected chi connectivity index (χ3v) is 6.26. The van der Waals surface area contributed by atoms with Crippen molar-refractivity contribution in [3.8, 4) is 0 Å². The Balaban J connectivity index is 1.72. The number of nitrogen functional groups attached to an aromatic ring is 1. The van der Waals surface area contributed by atoms with Gasteiger partial charge in [0, 0.05) is 12.8 Å². The van der Waals surface area contributed by atoms with Crippen molar-refractivity contribution in [2.24, 2.45) is 11.7 Å². The van der Waals surface area contributed by atoms with Gasteiger partial charge in [0.2, 0.25) is 0 Å². The maximum absolute atomic E-state index is 12.6. The van der Waals surface area contributed by atoms with Crippen LogP contribution in [0.5, 0.6) is 0 Å². The van der Waals surface area contributed by atoms with Crippen LogP contribution >= 0.6 is 0 Å². The predicted molar refractivity (Wildman–Crippen MR) is 117 cm³/mol. The van der Waals surface area contributed by atoms with E-state index >= 15 is 0 Å². The van der Waals surface area contributed by atoms with Crippen LogP contribution in [0.4, 0.5) is 5.82 Å². The molecule has 0 bridgehead atoms. The first kappa shape index (κ1) is 23.9. The van der Waals surface area contributed by atoms with Crippen molar-refractivity contribution in [1.29, 1.82) is 0 Å². The van der Waals surface area contributed by atoms with Crippen molar-refractivity contribution in [2.75, 3.05) is 12.3 Å². The van der Waals surface area contributed by atoms with Crippen molar-refractivity contribution < 1.29 is 33.3 Å². The third-order valence-electron chi connectivity index (χ3n) is 6.26. The predicted octanol–water partition coefficient (Wildman–Crippen LogP) is 0.460. The van der Waals surface area contributed by atoms with E-state index < -0.39 is 47.9 Å². The van der Waals surface area contributed by atoms with Gasteiger partial charge < -0.3 is 30.4 Å². The highest BCUT2D eigenvalue weighted by molar-refractivity contribution is 5.76. The normalized spacial score (nSPS) is 28.4. The first-order valence-corrected chi connectivity index (χ1v) is 11.2. The van der Waals surface area contributed by atoms with Crippen LogP contribution < -0.4 is 11.5 Å². The first-order chi connectivity index (χ1) is 16.1. The molecule has 0 radical (unpaired) electrons. The highest BCUT2D eigenvalue weighted by Gasteiger charge is 2.59. The van der Waals surface area contributed by atoms with E-state index in [-0.39, 0.29) is 31.2 Å². The number of fused-ring (bicyclic) bond motifs is 2. The van der Waals surface area contributed by atoms with Gasteiger partial charge in [-0.25, -0.2) is 9.50 Å². The van der Waals surface area contributed by atoms with Crippen molar-refractivity contribution >= 4 is 29.2 Å². The van der Waals surface area contributed by atoms with Gasteiger partial charge in [-0.15, -0.1) is 0 Å². The molecule has 4 rings (SSSR count). The molecule has 4 N–H and O–H groups in total. The zero-order chi connectivity index (χ0) is 24.6. The number of nitrogens with two attached hydrogens (primary N) is 2. The topological polar surface area (TPSA) is 170 Å². The number of hydrogen-bond acceptors (Lipinski definition) is 11. The lowest BCUT2D eigenvalue weighted by molar-refractivity contribution is -0.168. The fourth-order valence-electron chi connectivity index (χ4n) is 4.26. The zero-order valence-electron chi connectivity index (χ0n) is 19.3. The summed E-state index contributed by atoms with van der Waals surface area (Å²) in [6.07, 6.45) is -1.26. The number of nitrogens with zero attached hydrogens (tertiary/aromatic N) is 3. The Bertz CT molecular complexity index is 1100. The summed E-state index contributed by atoms with van der Waals surface area (Å²) in [5, 5.41) is 4.26. The van der Waals surface area contributed by atoms with Gasteiger partial charge >= 0.3 is 17.9 Å². The Morgan fingerprint density at radius 2 is 1.97 bits per heavy atom. The van der Waals surface area contributed by atoms with E-state index in [0.29, 0.717) is 17.6 Å². The maximum Gasteiger partial charge on any atom is 0.323 e. The quantitative estimate of drug-likeness (QED) is 0.455. The number of rotatable bonds is 5. The Morgan fingerprint density at radius 1 is 1.26 bits per heavy atom. The molecule has 2 fully saturated rings. The smallest absolute Gasteiger partial charge is 0.323 e. The molecule has 0 aromatic carbocycles. The third kappa shape index (κ3) is 4.30. The molecular formula is C22H29N5O7. The average Bonchev–Trinajstić information content (AvgIpc) is 3.34. The summed E-state index contributed by atoms with van der Waals surface area (Å²) in [6, 6.07) is 2.62. The van der Waals surface area contributed by atoms with Gasteiger partial charge in [-0.05, 0) is 31.4 Å². The van der Waals surface area contributed by atoms with Crippen LogP contribution in [0.2, 0.25) is 0 Å². The van der Waals surface area contributed by atoms with Crippen LogP contribution in [0.1, 0.15) is 45.7 Å². The van der Waals surface area contributed by atoms with Gasteiger partial charge in [0.1, 0.15) is 36.2 Å².